The highest BCUT2D eigenvalue weighted by Gasteiger charge is 2.31. The number of hydrogen-bond donors (Lipinski definition) is 0. The molecule has 0 N–H and O–H groups in total. The first-order valence-electron chi connectivity index (χ1n) is 10.8. The highest BCUT2D eigenvalue weighted by Crippen LogP contribution is 2.29. The molecule has 2 aliphatic rings. The molecule has 2 atom stereocenters. The molecule has 2 saturated heterocycles. The van der Waals surface area contributed by atoms with E-state index in [1.807, 2.05) is 4.68 Å². The summed E-state index contributed by atoms with van der Waals surface area (Å²) in [6.07, 6.45) is 2.40. The molecule has 0 spiro atoms. The average molecular weight is 405 g/mol. The van der Waals surface area contributed by atoms with Gasteiger partial charge in [0.05, 0.1) is 18.7 Å². The number of para-hydroxylation sites is 1. The highest BCUT2D eigenvalue weighted by atomic mass is 16.5. The summed E-state index contributed by atoms with van der Waals surface area (Å²) in [5.41, 5.74) is 2.52. The van der Waals surface area contributed by atoms with Crippen LogP contribution >= 0.6 is 0 Å². The summed E-state index contributed by atoms with van der Waals surface area (Å²) in [7, 11) is 0. The van der Waals surface area contributed by atoms with E-state index in [1.165, 1.54) is 11.3 Å². The van der Waals surface area contributed by atoms with Gasteiger partial charge >= 0.3 is 0 Å². The van der Waals surface area contributed by atoms with Crippen molar-refractivity contribution in [3.8, 4) is 0 Å². The Morgan fingerprint density at radius 2 is 1.67 bits per heavy atom. The van der Waals surface area contributed by atoms with Gasteiger partial charge < -0.3 is 9.64 Å². The van der Waals surface area contributed by atoms with Crippen LogP contribution in [0.2, 0.25) is 0 Å². The van der Waals surface area contributed by atoms with Crippen molar-refractivity contribution < 1.29 is 4.74 Å². The number of anilines is 1. The third kappa shape index (κ3) is 4.08. The van der Waals surface area contributed by atoms with Gasteiger partial charge in [0.15, 0.2) is 5.82 Å². The first-order valence-corrected chi connectivity index (χ1v) is 10.8. The Labute approximate surface area is 177 Å². The summed E-state index contributed by atoms with van der Waals surface area (Å²) in [5.74, 6) is 0.907. The van der Waals surface area contributed by atoms with E-state index >= 15 is 0 Å². The van der Waals surface area contributed by atoms with Gasteiger partial charge in [0, 0.05) is 38.5 Å². The first kappa shape index (κ1) is 19.2. The minimum Gasteiger partial charge on any atom is -0.376 e. The number of benzene rings is 2. The van der Waals surface area contributed by atoms with Gasteiger partial charge in [0.25, 0.3) is 0 Å². The largest absolute Gasteiger partial charge is 0.376 e. The molecule has 2 aromatic carbocycles. The lowest BCUT2D eigenvalue weighted by atomic mass is 10.0. The smallest absolute Gasteiger partial charge is 0.173 e. The topological polar surface area (TPSA) is 59.3 Å². The Bertz CT molecular complexity index is 917. The van der Waals surface area contributed by atoms with E-state index < -0.39 is 0 Å². The molecular weight excluding hydrogens is 376 g/mol. The van der Waals surface area contributed by atoms with Crippen LogP contribution in [0.15, 0.2) is 60.7 Å². The molecule has 30 heavy (non-hydrogen) atoms. The number of nitrogens with zero attached hydrogens (tertiary/aromatic N) is 6. The standard InChI is InChI=1S/C23H28N6O/c1-3-8-19(9-4-1)22(23-24-25-26-29(23)18-21-12-7-17-30-21)28-15-13-27(14-16-28)20-10-5-2-6-11-20/h1-6,8-11,21-22H,7,12-18H2/t21-,22+/m1/s1. The van der Waals surface area contributed by atoms with Crippen molar-refractivity contribution in [2.24, 2.45) is 0 Å². The number of ether oxygens (including phenoxy) is 1. The van der Waals surface area contributed by atoms with Gasteiger partial charge in [-0.2, -0.15) is 0 Å². The second-order valence-electron chi connectivity index (χ2n) is 8.03. The fourth-order valence-corrected chi connectivity index (χ4v) is 4.55. The van der Waals surface area contributed by atoms with Gasteiger partial charge in [-0.1, -0.05) is 48.5 Å². The zero-order valence-corrected chi connectivity index (χ0v) is 17.2. The zero-order chi connectivity index (χ0) is 20.2. The van der Waals surface area contributed by atoms with Gasteiger partial charge in [-0.25, -0.2) is 4.68 Å². The molecule has 2 aliphatic heterocycles. The quantitative estimate of drug-likeness (QED) is 0.630. The maximum absolute atomic E-state index is 5.84. The van der Waals surface area contributed by atoms with Gasteiger partial charge in [-0.15, -0.1) is 5.10 Å². The van der Waals surface area contributed by atoms with Crippen LogP contribution in [0.3, 0.4) is 0 Å². The van der Waals surface area contributed by atoms with Crippen molar-refractivity contribution >= 4 is 5.69 Å². The molecule has 156 valence electrons. The van der Waals surface area contributed by atoms with Crippen LogP contribution in [0.1, 0.15) is 30.3 Å². The Morgan fingerprint density at radius 1 is 0.933 bits per heavy atom. The van der Waals surface area contributed by atoms with E-state index in [1.54, 1.807) is 0 Å². The van der Waals surface area contributed by atoms with E-state index in [9.17, 15) is 0 Å². The van der Waals surface area contributed by atoms with Crippen molar-refractivity contribution in [1.29, 1.82) is 0 Å². The van der Waals surface area contributed by atoms with Crippen LogP contribution in [0.5, 0.6) is 0 Å². The van der Waals surface area contributed by atoms with Gasteiger partial charge in [0.1, 0.15) is 0 Å². The number of tetrazole rings is 1. The summed E-state index contributed by atoms with van der Waals surface area (Å²) >= 11 is 0. The Morgan fingerprint density at radius 3 is 2.37 bits per heavy atom. The van der Waals surface area contributed by atoms with Crippen molar-refractivity contribution in [3.63, 3.8) is 0 Å². The summed E-state index contributed by atoms with van der Waals surface area (Å²) in [4.78, 5) is 4.96. The third-order valence-electron chi connectivity index (χ3n) is 6.12. The zero-order valence-electron chi connectivity index (χ0n) is 17.2. The second-order valence-corrected chi connectivity index (χ2v) is 8.03. The van der Waals surface area contributed by atoms with Crippen LogP contribution in [0.4, 0.5) is 5.69 Å². The fourth-order valence-electron chi connectivity index (χ4n) is 4.55. The molecule has 0 saturated carbocycles. The van der Waals surface area contributed by atoms with Gasteiger partial charge in [-0.3, -0.25) is 4.90 Å². The fraction of sp³-hybridized carbons (Fsp3) is 0.435. The lowest BCUT2D eigenvalue weighted by Gasteiger charge is -2.40. The van der Waals surface area contributed by atoms with Crippen LogP contribution in [0, 0.1) is 0 Å². The molecule has 2 fully saturated rings. The Hall–Kier alpha value is -2.77. The molecule has 7 nitrogen and oxygen atoms in total. The maximum atomic E-state index is 5.84. The molecule has 3 aromatic rings. The monoisotopic (exact) mass is 404 g/mol. The van der Waals surface area contributed by atoms with Crippen LogP contribution in [0.25, 0.3) is 0 Å². The molecule has 3 heterocycles. The Balaban J connectivity index is 1.38. The predicted molar refractivity (Wildman–Crippen MR) is 115 cm³/mol. The summed E-state index contributed by atoms with van der Waals surface area (Å²) in [6.45, 7) is 5.45. The minimum absolute atomic E-state index is 0.0422. The molecule has 0 aliphatic carbocycles. The predicted octanol–water partition coefficient (Wildman–Crippen LogP) is 2.76. The highest BCUT2D eigenvalue weighted by molar-refractivity contribution is 5.46. The van der Waals surface area contributed by atoms with Crippen molar-refractivity contribution in [1.82, 2.24) is 25.1 Å². The second kappa shape index (κ2) is 8.93. The third-order valence-corrected chi connectivity index (χ3v) is 6.12. The van der Waals surface area contributed by atoms with Crippen LogP contribution < -0.4 is 4.90 Å². The first-order chi connectivity index (χ1) is 14.9. The van der Waals surface area contributed by atoms with Gasteiger partial charge in [0.2, 0.25) is 0 Å². The van der Waals surface area contributed by atoms with Gasteiger partial charge in [-0.05, 0) is 41.0 Å². The molecule has 0 radical (unpaired) electrons. The molecule has 0 bridgehead atoms. The van der Waals surface area contributed by atoms with Crippen molar-refractivity contribution in [2.75, 3.05) is 37.7 Å². The van der Waals surface area contributed by atoms with Crippen LogP contribution in [-0.2, 0) is 11.3 Å². The molecular formula is C23H28N6O. The van der Waals surface area contributed by atoms with E-state index in [-0.39, 0.29) is 12.1 Å². The SMILES string of the molecule is c1ccc([C@@H](c2nnnn2C[C@H]2CCCO2)N2CCN(c3ccccc3)CC2)cc1. The molecule has 5 rings (SSSR count). The van der Waals surface area contributed by atoms with Crippen molar-refractivity contribution in [3.05, 3.63) is 72.1 Å². The number of rotatable bonds is 6. The van der Waals surface area contributed by atoms with E-state index in [0.717, 1.165) is 58.0 Å². The molecule has 0 amide bonds. The van der Waals surface area contributed by atoms with E-state index in [2.05, 4.69) is 86.0 Å². The maximum Gasteiger partial charge on any atom is 0.173 e. The number of aromatic nitrogens is 4. The van der Waals surface area contributed by atoms with Crippen LogP contribution in [-0.4, -0.2) is 64.0 Å². The molecule has 7 heteroatoms. The normalized spacial score (nSPS) is 21.1. The lowest BCUT2D eigenvalue weighted by molar-refractivity contribution is 0.0906. The summed E-state index contributed by atoms with van der Waals surface area (Å²) in [5, 5.41) is 12.8. The molecule has 1 aromatic heterocycles. The summed E-state index contributed by atoms with van der Waals surface area (Å²) < 4.78 is 7.79. The number of piperazine rings is 1. The van der Waals surface area contributed by atoms with E-state index in [4.69, 9.17) is 4.74 Å². The molecule has 0 unspecified atom stereocenters. The average Bonchev–Trinajstić information content (AvgIpc) is 3.49. The Kier molecular flexibility index (Phi) is 5.72. The lowest BCUT2D eigenvalue weighted by Crippen LogP contribution is -2.48. The minimum atomic E-state index is 0.0422. The van der Waals surface area contributed by atoms with Crippen molar-refractivity contribution in [2.45, 2.75) is 31.5 Å². The number of hydrogen-bond acceptors (Lipinski definition) is 6. The summed E-state index contributed by atoms with van der Waals surface area (Å²) in [6, 6.07) is 21.3. The van der Waals surface area contributed by atoms with E-state index in [0.29, 0.717) is 0 Å².